The number of ether oxygens (including phenoxy) is 4. The second-order valence-electron chi connectivity index (χ2n) is 28.7. The van der Waals surface area contributed by atoms with E-state index in [0.717, 1.165) is 102 Å². The number of aliphatic hydroxyl groups is 1. The molecule has 19 heteroatoms. The zero-order chi connectivity index (χ0) is 70.7. The molecule has 5 atom stereocenters. The van der Waals surface area contributed by atoms with Gasteiger partial charge in [-0.25, -0.2) is 9.13 Å². The molecule has 96 heavy (non-hydrogen) atoms. The Balaban J connectivity index is 5.21. The summed E-state index contributed by atoms with van der Waals surface area (Å²) in [5.74, 6) is -0.628. The predicted molar refractivity (Wildman–Crippen MR) is 391 cm³/mol. The van der Waals surface area contributed by atoms with Crippen LogP contribution in [-0.4, -0.2) is 96.7 Å². The maximum Gasteiger partial charge on any atom is 0.472 e. The van der Waals surface area contributed by atoms with Crippen LogP contribution in [0, 0.1) is 11.8 Å². The van der Waals surface area contributed by atoms with Crippen LogP contribution in [0.2, 0.25) is 0 Å². The molecule has 0 fully saturated rings. The summed E-state index contributed by atoms with van der Waals surface area (Å²) in [6, 6.07) is 0. The van der Waals surface area contributed by atoms with Gasteiger partial charge in [-0.05, 0) is 37.5 Å². The first kappa shape index (κ1) is 94.1. The molecule has 0 aliphatic heterocycles. The standard InChI is InChI=1S/C77H150O17P2/c1-7-9-11-13-15-17-19-20-21-22-23-24-25-26-27-33-37-43-50-56-62-77(82)93-72(65-87-74(79)59-53-47-41-35-32-29-28-31-34-39-45-51-57-69(3)4)67-91-95(83,84)89-63-71(78)64-90-96(85,86)92-68-73(66-88-75(80)60-54-48-44-38-40-46-52-58-70(5)6)94-76(81)61-55-49-42-36-30-18-16-14-12-10-8-2/h69-73,78H,7-68H2,1-6H3,(H,83,84)(H,85,86)/t71-,72-,73-/m1/s1. The third-order valence-electron chi connectivity index (χ3n) is 18.0. The fraction of sp³-hybridized carbons (Fsp3) is 0.948. The molecule has 17 nitrogen and oxygen atoms in total. The largest absolute Gasteiger partial charge is 0.472 e. The molecular weight excluding hydrogens is 1260 g/mol. The van der Waals surface area contributed by atoms with Crippen LogP contribution in [-0.2, 0) is 65.4 Å². The van der Waals surface area contributed by atoms with Crippen LogP contribution in [0.3, 0.4) is 0 Å². The van der Waals surface area contributed by atoms with E-state index in [1.165, 1.54) is 212 Å². The van der Waals surface area contributed by atoms with Crippen molar-refractivity contribution >= 4 is 39.5 Å². The van der Waals surface area contributed by atoms with Gasteiger partial charge >= 0.3 is 39.5 Å². The second kappa shape index (κ2) is 68.8. The van der Waals surface area contributed by atoms with Gasteiger partial charge in [0.15, 0.2) is 12.2 Å². The lowest BCUT2D eigenvalue weighted by Gasteiger charge is -2.21. The van der Waals surface area contributed by atoms with Gasteiger partial charge in [-0.15, -0.1) is 0 Å². The Bertz CT molecular complexity index is 1860. The normalized spacial score (nSPS) is 14.0. The van der Waals surface area contributed by atoms with E-state index in [-0.39, 0.29) is 25.7 Å². The molecule has 0 amide bonds. The number of hydrogen-bond acceptors (Lipinski definition) is 15. The van der Waals surface area contributed by atoms with Crippen LogP contribution in [0.4, 0.5) is 0 Å². The molecule has 0 saturated carbocycles. The summed E-state index contributed by atoms with van der Waals surface area (Å²) in [5, 5.41) is 10.6. The molecule has 0 aromatic rings. The molecule has 0 radical (unpaired) electrons. The van der Waals surface area contributed by atoms with Gasteiger partial charge in [-0.1, -0.05) is 350 Å². The molecule has 0 aliphatic carbocycles. The van der Waals surface area contributed by atoms with E-state index in [0.29, 0.717) is 31.6 Å². The minimum atomic E-state index is -4.96. The van der Waals surface area contributed by atoms with Gasteiger partial charge in [-0.3, -0.25) is 37.3 Å². The first-order valence-electron chi connectivity index (χ1n) is 40.0. The van der Waals surface area contributed by atoms with Crippen molar-refractivity contribution in [3.05, 3.63) is 0 Å². The minimum absolute atomic E-state index is 0.106. The fourth-order valence-electron chi connectivity index (χ4n) is 11.8. The highest BCUT2D eigenvalue weighted by Crippen LogP contribution is 2.45. The number of esters is 4. The third-order valence-corrected chi connectivity index (χ3v) is 19.9. The van der Waals surface area contributed by atoms with E-state index >= 15 is 0 Å². The Hall–Kier alpha value is -1.94. The lowest BCUT2D eigenvalue weighted by Crippen LogP contribution is -2.30. The average molecular weight is 1410 g/mol. The summed E-state index contributed by atoms with van der Waals surface area (Å²) < 4.78 is 68.5. The monoisotopic (exact) mass is 1410 g/mol. The molecular formula is C77H150O17P2. The van der Waals surface area contributed by atoms with Crippen molar-refractivity contribution in [2.75, 3.05) is 39.6 Å². The Morgan fingerprint density at radius 2 is 0.479 bits per heavy atom. The summed E-state index contributed by atoms with van der Waals surface area (Å²) >= 11 is 0. The molecule has 0 bridgehead atoms. The quantitative estimate of drug-likeness (QED) is 0.0222. The molecule has 0 aliphatic rings. The molecule has 0 rings (SSSR count). The molecule has 2 unspecified atom stereocenters. The van der Waals surface area contributed by atoms with Crippen LogP contribution in [0.5, 0.6) is 0 Å². The van der Waals surface area contributed by atoms with Crippen molar-refractivity contribution in [1.29, 1.82) is 0 Å². The predicted octanol–water partition coefficient (Wildman–Crippen LogP) is 22.7. The van der Waals surface area contributed by atoms with Crippen molar-refractivity contribution in [2.45, 2.75) is 419 Å². The highest BCUT2D eigenvalue weighted by atomic mass is 31.2. The van der Waals surface area contributed by atoms with Crippen LogP contribution in [0.15, 0.2) is 0 Å². The number of phosphoric acid groups is 2. The topological polar surface area (TPSA) is 237 Å². The summed E-state index contributed by atoms with van der Waals surface area (Å²) in [6.45, 7) is 9.55. The average Bonchev–Trinajstić information content (AvgIpc) is 2.36. The summed E-state index contributed by atoms with van der Waals surface area (Å²) in [5.41, 5.74) is 0. The van der Waals surface area contributed by atoms with Crippen molar-refractivity contribution in [3.8, 4) is 0 Å². The van der Waals surface area contributed by atoms with Gasteiger partial charge in [0, 0.05) is 25.7 Å². The fourth-order valence-corrected chi connectivity index (χ4v) is 13.4. The van der Waals surface area contributed by atoms with E-state index in [9.17, 15) is 43.2 Å². The lowest BCUT2D eigenvalue weighted by molar-refractivity contribution is -0.161. The van der Waals surface area contributed by atoms with Gasteiger partial charge in [0.2, 0.25) is 0 Å². The number of phosphoric ester groups is 2. The van der Waals surface area contributed by atoms with Crippen LogP contribution >= 0.6 is 15.6 Å². The second-order valence-corrected chi connectivity index (χ2v) is 31.6. The first-order chi connectivity index (χ1) is 46.4. The van der Waals surface area contributed by atoms with Gasteiger partial charge < -0.3 is 33.8 Å². The van der Waals surface area contributed by atoms with Crippen molar-refractivity contribution in [2.24, 2.45) is 11.8 Å². The highest BCUT2D eigenvalue weighted by Gasteiger charge is 2.30. The Labute approximate surface area is 588 Å². The summed E-state index contributed by atoms with van der Waals surface area (Å²) in [6.07, 6.45) is 57.0. The smallest absolute Gasteiger partial charge is 0.462 e. The molecule has 0 aromatic carbocycles. The van der Waals surface area contributed by atoms with Crippen LogP contribution in [0.1, 0.15) is 401 Å². The summed E-state index contributed by atoms with van der Waals surface area (Å²) in [4.78, 5) is 72.8. The van der Waals surface area contributed by atoms with Gasteiger partial charge in [0.1, 0.15) is 19.3 Å². The van der Waals surface area contributed by atoms with Gasteiger partial charge in [0.25, 0.3) is 0 Å². The minimum Gasteiger partial charge on any atom is -0.462 e. The molecule has 0 aromatic heterocycles. The van der Waals surface area contributed by atoms with E-state index in [1.54, 1.807) is 0 Å². The zero-order valence-electron chi connectivity index (χ0n) is 62.7. The highest BCUT2D eigenvalue weighted by molar-refractivity contribution is 7.47. The molecule has 570 valence electrons. The molecule has 0 spiro atoms. The number of carbonyl (C=O) groups excluding carboxylic acids is 4. The number of unbranched alkanes of at least 4 members (excludes halogenated alkanes) is 46. The van der Waals surface area contributed by atoms with Crippen molar-refractivity contribution in [1.82, 2.24) is 0 Å². The Morgan fingerprint density at radius 3 is 0.708 bits per heavy atom. The maximum atomic E-state index is 13.1. The van der Waals surface area contributed by atoms with Crippen molar-refractivity contribution < 1.29 is 80.2 Å². The number of rotatable bonds is 76. The van der Waals surface area contributed by atoms with Gasteiger partial charge in [-0.2, -0.15) is 0 Å². The number of hydrogen-bond donors (Lipinski definition) is 3. The van der Waals surface area contributed by atoms with Crippen LogP contribution in [0.25, 0.3) is 0 Å². The molecule has 0 saturated heterocycles. The molecule has 3 N–H and O–H groups in total. The van der Waals surface area contributed by atoms with E-state index in [4.69, 9.17) is 37.0 Å². The van der Waals surface area contributed by atoms with Gasteiger partial charge in [0.05, 0.1) is 26.4 Å². The third kappa shape index (κ3) is 70.5. The zero-order valence-corrected chi connectivity index (χ0v) is 64.5. The summed E-state index contributed by atoms with van der Waals surface area (Å²) in [7, 11) is -9.91. The van der Waals surface area contributed by atoms with E-state index in [1.807, 2.05) is 0 Å². The Morgan fingerprint density at radius 1 is 0.281 bits per heavy atom. The lowest BCUT2D eigenvalue weighted by atomic mass is 10.0. The number of aliphatic hydroxyl groups excluding tert-OH is 1. The Kier molecular flexibility index (Phi) is 67.4. The number of carbonyl (C=O) groups is 4. The SMILES string of the molecule is CCCCCCCCCCCCCCCCCCCCCCC(=O)O[C@H](COC(=O)CCCCCCCCCCCCCCC(C)C)COP(=O)(O)OC[C@@H](O)COP(=O)(O)OC[C@@H](COC(=O)CCCCCCCCCC(C)C)OC(=O)CCCCCCCCCCCCC. The maximum absolute atomic E-state index is 13.1. The molecule has 0 heterocycles. The van der Waals surface area contributed by atoms with Crippen molar-refractivity contribution in [3.63, 3.8) is 0 Å². The van der Waals surface area contributed by atoms with E-state index in [2.05, 4.69) is 41.5 Å². The van der Waals surface area contributed by atoms with E-state index < -0.39 is 97.5 Å². The first-order valence-corrected chi connectivity index (χ1v) is 43.0. The van der Waals surface area contributed by atoms with Crippen LogP contribution < -0.4 is 0 Å².